The zero-order valence-electron chi connectivity index (χ0n) is 17.3. The molecule has 5 amide bonds. The van der Waals surface area contributed by atoms with Gasteiger partial charge in [-0.1, -0.05) is 16.8 Å². The fraction of sp³-hybridized carbons (Fsp3) is 0.474. The number of morpholine rings is 1. The number of hydrogen-bond acceptors (Lipinski definition) is 9. The molecule has 12 nitrogen and oxygen atoms in total. The van der Waals surface area contributed by atoms with E-state index in [1.54, 1.807) is 6.92 Å². The Kier molecular flexibility index (Phi) is 4.43. The van der Waals surface area contributed by atoms with E-state index in [1.807, 2.05) is 11.8 Å². The minimum atomic E-state index is -1.70. The Morgan fingerprint density at radius 3 is 2.59 bits per heavy atom. The number of hydrogen-bond donors (Lipinski definition) is 3. The Labute approximate surface area is 185 Å². The van der Waals surface area contributed by atoms with Crippen molar-refractivity contribution in [2.75, 3.05) is 18.5 Å². The van der Waals surface area contributed by atoms with Crippen molar-refractivity contribution in [1.82, 2.24) is 26.1 Å². The van der Waals surface area contributed by atoms with Crippen molar-refractivity contribution in [1.29, 1.82) is 0 Å². The number of imide groups is 2. The zero-order chi connectivity index (χ0) is 22.9. The maximum absolute atomic E-state index is 13.2. The summed E-state index contributed by atoms with van der Waals surface area (Å²) in [6.07, 6.45) is -0.965. The minimum Gasteiger partial charge on any atom is -0.372 e. The second kappa shape index (κ2) is 6.87. The standard InChI is InChI=1S/C19H19ClN6O6/c1-6-5-26-12-8(22-10-11(15(27)21-3)25-32-13(10)9(12)20)4-19(14(26)7(2)31-6)16(28)23-18(30)24-17(19)29/h6-7,14H,4-5H2,1-3H3,(H,21,27)(H2,23,24,28,29,30)/t6-,7+,14-/m0/s1. The maximum Gasteiger partial charge on any atom is 0.328 e. The maximum atomic E-state index is 13.2. The highest BCUT2D eigenvalue weighted by Crippen LogP contribution is 2.50. The molecular formula is C19H19ClN6O6. The summed E-state index contributed by atoms with van der Waals surface area (Å²) >= 11 is 6.72. The lowest BCUT2D eigenvalue weighted by Gasteiger charge is -2.55. The summed E-state index contributed by atoms with van der Waals surface area (Å²) in [5.41, 5.74) is -0.738. The molecule has 3 N–H and O–H groups in total. The molecule has 3 aliphatic heterocycles. The lowest BCUT2D eigenvalue weighted by atomic mass is 9.67. The predicted molar refractivity (Wildman–Crippen MR) is 109 cm³/mol. The molecule has 0 aromatic carbocycles. The van der Waals surface area contributed by atoms with Gasteiger partial charge in [0, 0.05) is 20.0 Å². The van der Waals surface area contributed by atoms with Gasteiger partial charge in [0.2, 0.25) is 17.4 Å². The molecule has 5 rings (SSSR count). The van der Waals surface area contributed by atoms with Gasteiger partial charge in [-0.15, -0.1) is 0 Å². The summed E-state index contributed by atoms with van der Waals surface area (Å²) in [6.45, 7) is 3.92. The van der Waals surface area contributed by atoms with Crippen molar-refractivity contribution in [3.05, 3.63) is 16.4 Å². The monoisotopic (exact) mass is 462 g/mol. The van der Waals surface area contributed by atoms with Gasteiger partial charge in [-0.25, -0.2) is 9.78 Å². The Hall–Kier alpha value is -3.25. The number of anilines is 1. The Balaban J connectivity index is 1.78. The summed E-state index contributed by atoms with van der Waals surface area (Å²) in [7, 11) is 1.44. The SMILES string of the molecule is CNC(=O)c1noc2c(Cl)c3c(nc12)CC1(C(=O)NC(=O)NC1=O)[C@@H]1[C@@H](C)O[C@@H](C)CN31. The van der Waals surface area contributed by atoms with Crippen LogP contribution in [-0.2, 0) is 20.7 Å². The summed E-state index contributed by atoms with van der Waals surface area (Å²) in [6, 6.07) is -1.65. The molecule has 0 radical (unpaired) electrons. The fourth-order valence-electron chi connectivity index (χ4n) is 5.02. The van der Waals surface area contributed by atoms with Crippen LogP contribution in [0.15, 0.2) is 4.52 Å². The second-order valence-electron chi connectivity index (χ2n) is 8.14. The van der Waals surface area contributed by atoms with E-state index < -0.39 is 41.3 Å². The highest BCUT2D eigenvalue weighted by molar-refractivity contribution is 6.38. The first kappa shape index (κ1) is 20.6. The average Bonchev–Trinajstić information content (AvgIpc) is 3.14. The summed E-state index contributed by atoms with van der Waals surface area (Å²) in [5, 5.41) is 10.8. The topological polar surface area (TPSA) is 156 Å². The molecule has 168 valence electrons. The molecule has 2 saturated heterocycles. The predicted octanol–water partition coefficient (Wildman–Crippen LogP) is 0.127. The molecule has 0 aliphatic carbocycles. The number of amides is 5. The van der Waals surface area contributed by atoms with Crippen LogP contribution < -0.4 is 20.9 Å². The van der Waals surface area contributed by atoms with Gasteiger partial charge in [-0.3, -0.25) is 25.0 Å². The van der Waals surface area contributed by atoms with Crippen molar-refractivity contribution in [2.24, 2.45) is 5.41 Å². The second-order valence-corrected chi connectivity index (χ2v) is 8.52. The van der Waals surface area contributed by atoms with Gasteiger partial charge >= 0.3 is 6.03 Å². The van der Waals surface area contributed by atoms with Gasteiger partial charge in [-0.2, -0.15) is 0 Å². The highest BCUT2D eigenvalue weighted by atomic mass is 35.5. The van der Waals surface area contributed by atoms with Crippen LogP contribution in [-0.4, -0.2) is 65.7 Å². The lowest BCUT2D eigenvalue weighted by Crippen LogP contribution is -2.75. The first-order valence-corrected chi connectivity index (χ1v) is 10.4. The van der Waals surface area contributed by atoms with Crippen molar-refractivity contribution in [3.63, 3.8) is 0 Å². The van der Waals surface area contributed by atoms with Gasteiger partial charge in [0.15, 0.2) is 11.1 Å². The number of nitrogens with zero attached hydrogens (tertiary/aromatic N) is 3. The summed E-state index contributed by atoms with van der Waals surface area (Å²) < 4.78 is 11.3. The van der Waals surface area contributed by atoms with Crippen LogP contribution in [0.1, 0.15) is 30.0 Å². The molecule has 2 aromatic rings. The number of aromatic nitrogens is 2. The Bertz CT molecular complexity index is 1190. The van der Waals surface area contributed by atoms with Crippen LogP contribution in [0.2, 0.25) is 5.02 Å². The van der Waals surface area contributed by atoms with Gasteiger partial charge in [0.05, 0.1) is 29.6 Å². The summed E-state index contributed by atoms with van der Waals surface area (Å²) in [5.74, 6) is -2.01. The number of halogens is 1. The van der Waals surface area contributed by atoms with E-state index in [9.17, 15) is 19.2 Å². The number of nitrogens with one attached hydrogen (secondary N) is 3. The van der Waals surface area contributed by atoms with Crippen molar-refractivity contribution >= 4 is 52.1 Å². The zero-order valence-corrected chi connectivity index (χ0v) is 18.1. The van der Waals surface area contributed by atoms with Gasteiger partial charge < -0.3 is 19.5 Å². The molecule has 3 atom stereocenters. The van der Waals surface area contributed by atoms with Crippen molar-refractivity contribution < 1.29 is 28.4 Å². The highest BCUT2D eigenvalue weighted by Gasteiger charge is 2.63. The quantitative estimate of drug-likeness (QED) is 0.501. The smallest absolute Gasteiger partial charge is 0.328 e. The average molecular weight is 463 g/mol. The summed E-state index contributed by atoms with van der Waals surface area (Å²) in [4.78, 5) is 56.7. The molecule has 0 saturated carbocycles. The molecule has 5 heterocycles. The number of carbonyl (C=O) groups excluding carboxylic acids is 4. The van der Waals surface area contributed by atoms with E-state index in [2.05, 4.69) is 26.1 Å². The molecule has 2 fully saturated rings. The number of fused-ring (bicyclic) bond motifs is 5. The third kappa shape index (κ3) is 2.59. The van der Waals surface area contributed by atoms with Gasteiger partial charge in [0.25, 0.3) is 5.91 Å². The number of ether oxygens (including phenoxy) is 1. The molecule has 1 spiro atoms. The van der Waals surface area contributed by atoms with Crippen LogP contribution >= 0.6 is 11.6 Å². The van der Waals surface area contributed by atoms with E-state index in [0.29, 0.717) is 17.9 Å². The van der Waals surface area contributed by atoms with Crippen molar-refractivity contribution in [2.45, 2.75) is 38.5 Å². The third-order valence-corrected chi connectivity index (χ3v) is 6.57. The normalized spacial score (nSPS) is 26.4. The third-order valence-electron chi connectivity index (χ3n) is 6.22. The lowest BCUT2D eigenvalue weighted by molar-refractivity contribution is -0.153. The van der Waals surface area contributed by atoms with Crippen LogP contribution in [0.3, 0.4) is 0 Å². The van der Waals surface area contributed by atoms with E-state index >= 15 is 0 Å². The van der Waals surface area contributed by atoms with E-state index in [1.165, 1.54) is 7.05 Å². The largest absolute Gasteiger partial charge is 0.372 e. The number of carbonyl (C=O) groups is 4. The minimum absolute atomic E-state index is 0.0696. The first-order chi connectivity index (χ1) is 15.2. The van der Waals surface area contributed by atoms with Crippen LogP contribution in [0.5, 0.6) is 0 Å². The number of barbiturate groups is 1. The van der Waals surface area contributed by atoms with Crippen molar-refractivity contribution in [3.8, 4) is 0 Å². The first-order valence-electron chi connectivity index (χ1n) is 9.97. The molecular weight excluding hydrogens is 444 g/mol. The molecule has 0 unspecified atom stereocenters. The molecule has 3 aliphatic rings. The van der Waals surface area contributed by atoms with Crippen LogP contribution in [0.25, 0.3) is 11.1 Å². The Morgan fingerprint density at radius 2 is 1.94 bits per heavy atom. The number of rotatable bonds is 1. The van der Waals surface area contributed by atoms with E-state index in [-0.39, 0.29) is 34.3 Å². The molecule has 13 heteroatoms. The van der Waals surface area contributed by atoms with Crippen LogP contribution in [0.4, 0.5) is 10.5 Å². The van der Waals surface area contributed by atoms with Gasteiger partial charge in [-0.05, 0) is 13.8 Å². The number of pyridine rings is 1. The van der Waals surface area contributed by atoms with Crippen LogP contribution in [0, 0.1) is 5.41 Å². The van der Waals surface area contributed by atoms with Gasteiger partial charge in [0.1, 0.15) is 10.5 Å². The fourth-order valence-corrected chi connectivity index (χ4v) is 5.37. The number of urea groups is 1. The molecule has 0 bridgehead atoms. The molecule has 32 heavy (non-hydrogen) atoms. The Morgan fingerprint density at radius 1 is 1.25 bits per heavy atom. The van der Waals surface area contributed by atoms with E-state index in [0.717, 1.165) is 0 Å². The molecule has 2 aromatic heterocycles. The van der Waals surface area contributed by atoms with E-state index in [4.69, 9.17) is 20.9 Å².